The number of unbranched alkanes of at least 4 members (excludes halogenated alkanes) is 1. The lowest BCUT2D eigenvalue weighted by Gasteiger charge is -2.57. The van der Waals surface area contributed by atoms with Crippen LogP contribution in [-0.2, 0) is 23.8 Å². The Morgan fingerprint density at radius 1 is 0.907 bits per heavy atom. The number of fused-ring (bicyclic) bond motifs is 5. The second-order valence-electron chi connectivity index (χ2n) is 15.6. The van der Waals surface area contributed by atoms with Gasteiger partial charge in [0.05, 0.1) is 6.61 Å². The van der Waals surface area contributed by atoms with Crippen molar-refractivity contribution in [2.45, 2.75) is 142 Å². The van der Waals surface area contributed by atoms with E-state index in [1.54, 1.807) is 7.11 Å². The van der Waals surface area contributed by atoms with Crippen molar-refractivity contribution < 1.29 is 42.1 Å². The van der Waals surface area contributed by atoms with Gasteiger partial charge in [-0.05, 0) is 138 Å². The highest BCUT2D eigenvalue weighted by Gasteiger charge is 2.62. The molecule has 0 saturated heterocycles. The minimum absolute atomic E-state index is 0.0447. The third-order valence-electron chi connectivity index (χ3n) is 11.9. The van der Waals surface area contributed by atoms with Gasteiger partial charge in [-0.3, -0.25) is 9.59 Å². The van der Waals surface area contributed by atoms with Crippen LogP contribution in [0.3, 0.4) is 0 Å². The van der Waals surface area contributed by atoms with Crippen LogP contribution in [0.1, 0.15) is 118 Å². The van der Waals surface area contributed by atoms with Crippen molar-refractivity contribution in [1.29, 1.82) is 0 Å². The Balaban J connectivity index is 1.33. The molecule has 6 nitrogen and oxygen atoms in total. The SMILES string of the molecule is COC[C@@H](OC(=O)CCCCC(=O)OC(C)(C)C)[C@@H](C)[C@H]1CC[C@H]2[C@@H]3CC[C@@H]4C[C@@](O)(C(F)(F)F)CC[C@@H]4[C@H]3CC[C@]12C. The van der Waals surface area contributed by atoms with E-state index < -0.39 is 17.4 Å². The molecular formula is C34H55F3O6. The van der Waals surface area contributed by atoms with Crippen molar-refractivity contribution in [2.24, 2.45) is 46.8 Å². The van der Waals surface area contributed by atoms with E-state index in [0.717, 1.165) is 38.5 Å². The van der Waals surface area contributed by atoms with Gasteiger partial charge in [-0.2, -0.15) is 13.2 Å². The molecule has 0 spiro atoms. The first-order valence-electron chi connectivity index (χ1n) is 16.7. The molecule has 4 rings (SSSR count). The quantitative estimate of drug-likeness (QED) is 0.201. The number of carbonyl (C=O) groups excluding carboxylic acids is 2. The predicted molar refractivity (Wildman–Crippen MR) is 157 cm³/mol. The van der Waals surface area contributed by atoms with Crippen LogP contribution in [0.15, 0.2) is 0 Å². The summed E-state index contributed by atoms with van der Waals surface area (Å²) < 4.78 is 57.7. The van der Waals surface area contributed by atoms with Crippen LogP contribution in [0.2, 0.25) is 0 Å². The molecule has 248 valence electrons. The summed E-state index contributed by atoms with van der Waals surface area (Å²) in [4.78, 5) is 24.8. The molecule has 9 heteroatoms. The van der Waals surface area contributed by atoms with Gasteiger partial charge in [0.25, 0.3) is 0 Å². The normalized spacial score (nSPS) is 37.4. The highest BCUT2D eigenvalue weighted by Crippen LogP contribution is 2.66. The van der Waals surface area contributed by atoms with Crippen molar-refractivity contribution in [2.75, 3.05) is 13.7 Å². The van der Waals surface area contributed by atoms with Crippen molar-refractivity contribution >= 4 is 11.9 Å². The Kier molecular flexibility index (Phi) is 10.6. The van der Waals surface area contributed by atoms with Gasteiger partial charge in [-0.1, -0.05) is 13.8 Å². The Hall–Kier alpha value is -1.35. The van der Waals surface area contributed by atoms with E-state index in [2.05, 4.69) is 13.8 Å². The van der Waals surface area contributed by atoms with Gasteiger partial charge in [0.15, 0.2) is 5.60 Å². The lowest BCUT2D eigenvalue weighted by molar-refractivity contribution is -0.282. The molecule has 0 aliphatic heterocycles. The fraction of sp³-hybridized carbons (Fsp3) is 0.941. The van der Waals surface area contributed by atoms with Crippen molar-refractivity contribution in [3.05, 3.63) is 0 Å². The lowest BCUT2D eigenvalue weighted by atomic mass is 9.48. The summed E-state index contributed by atoms with van der Waals surface area (Å²) in [5, 5.41) is 10.4. The number of halogens is 3. The maximum absolute atomic E-state index is 13.6. The first-order chi connectivity index (χ1) is 20.0. The highest BCUT2D eigenvalue weighted by atomic mass is 19.4. The van der Waals surface area contributed by atoms with Gasteiger partial charge in [0, 0.05) is 20.0 Å². The van der Waals surface area contributed by atoms with Crippen molar-refractivity contribution in [3.8, 4) is 0 Å². The summed E-state index contributed by atoms with van der Waals surface area (Å²) in [5.41, 5.74) is -2.95. The third-order valence-corrected chi connectivity index (χ3v) is 11.9. The summed E-state index contributed by atoms with van der Waals surface area (Å²) in [6, 6.07) is 0. The monoisotopic (exact) mass is 616 g/mol. The van der Waals surface area contributed by atoms with Crippen molar-refractivity contribution in [3.63, 3.8) is 0 Å². The molecule has 0 heterocycles. The number of carbonyl (C=O) groups is 2. The minimum Gasteiger partial charge on any atom is -0.460 e. The Morgan fingerprint density at radius 3 is 2.19 bits per heavy atom. The van der Waals surface area contributed by atoms with Gasteiger partial charge in [-0.25, -0.2) is 0 Å². The molecule has 0 aromatic rings. The number of ether oxygens (including phenoxy) is 3. The number of hydrogen-bond donors (Lipinski definition) is 1. The van der Waals surface area contributed by atoms with Gasteiger partial charge >= 0.3 is 18.1 Å². The second kappa shape index (κ2) is 13.2. The van der Waals surface area contributed by atoms with E-state index in [1.165, 1.54) is 0 Å². The Morgan fingerprint density at radius 2 is 1.56 bits per heavy atom. The van der Waals surface area contributed by atoms with Crippen LogP contribution in [-0.4, -0.2) is 54.2 Å². The fourth-order valence-corrected chi connectivity index (χ4v) is 9.92. The van der Waals surface area contributed by atoms with E-state index in [1.807, 2.05) is 20.8 Å². The number of aliphatic hydroxyl groups is 1. The minimum atomic E-state index is -4.56. The van der Waals surface area contributed by atoms with E-state index in [9.17, 15) is 27.9 Å². The summed E-state index contributed by atoms with van der Waals surface area (Å²) >= 11 is 0. The maximum atomic E-state index is 13.6. The molecule has 10 atom stereocenters. The predicted octanol–water partition coefficient (Wildman–Crippen LogP) is 7.65. The summed E-state index contributed by atoms with van der Waals surface area (Å²) in [6.07, 6.45) is 2.83. The van der Waals surface area contributed by atoms with E-state index >= 15 is 0 Å². The first kappa shape index (κ1) is 34.5. The molecular weight excluding hydrogens is 561 g/mol. The maximum Gasteiger partial charge on any atom is 0.417 e. The van der Waals surface area contributed by atoms with E-state index in [4.69, 9.17) is 14.2 Å². The van der Waals surface area contributed by atoms with Gasteiger partial charge < -0.3 is 19.3 Å². The fourth-order valence-electron chi connectivity index (χ4n) is 9.92. The Labute approximate surface area is 256 Å². The summed E-state index contributed by atoms with van der Waals surface area (Å²) in [6.45, 7) is 10.4. The average molecular weight is 617 g/mol. The zero-order chi connectivity index (χ0) is 31.8. The standard InChI is InChI=1S/C34H55F3O6/c1-21(28(20-41-6)42-29(38)9-7-8-10-30(39)43-31(2,3)4)26-13-14-27-25-12-11-22-19-33(40,34(35,36)37)18-16-23(22)24(25)15-17-32(26,27)5/h21-28,40H,7-20H2,1-6H3/t21-,22+,23-,24+,25+,26+,27-,28+,32+,33+/m0/s1. The van der Waals surface area contributed by atoms with E-state index in [0.29, 0.717) is 49.5 Å². The van der Waals surface area contributed by atoms with Crippen molar-refractivity contribution in [1.82, 2.24) is 0 Å². The molecule has 0 aromatic heterocycles. The molecule has 0 radical (unpaired) electrons. The smallest absolute Gasteiger partial charge is 0.417 e. The number of esters is 2. The highest BCUT2D eigenvalue weighted by molar-refractivity contribution is 5.71. The number of rotatable bonds is 10. The lowest BCUT2D eigenvalue weighted by Crippen LogP contribution is -2.55. The van der Waals surface area contributed by atoms with Crippen LogP contribution in [0.4, 0.5) is 13.2 Å². The van der Waals surface area contributed by atoms with Gasteiger partial charge in [0.2, 0.25) is 0 Å². The zero-order valence-electron chi connectivity index (χ0n) is 27.1. The van der Waals surface area contributed by atoms with Crippen LogP contribution < -0.4 is 0 Å². The third kappa shape index (κ3) is 7.56. The van der Waals surface area contributed by atoms with Crippen LogP contribution in [0.5, 0.6) is 0 Å². The van der Waals surface area contributed by atoms with E-state index in [-0.39, 0.29) is 66.9 Å². The molecule has 4 fully saturated rings. The van der Waals surface area contributed by atoms with Gasteiger partial charge in [-0.15, -0.1) is 0 Å². The second-order valence-corrected chi connectivity index (χ2v) is 15.6. The van der Waals surface area contributed by atoms with Crippen LogP contribution in [0, 0.1) is 46.8 Å². The Bertz CT molecular complexity index is 978. The molecule has 1 N–H and O–H groups in total. The molecule has 4 aliphatic rings. The molecule has 0 amide bonds. The molecule has 0 bridgehead atoms. The largest absolute Gasteiger partial charge is 0.460 e. The summed E-state index contributed by atoms with van der Waals surface area (Å²) in [5.74, 6) is 1.68. The molecule has 4 saturated carbocycles. The zero-order valence-corrected chi connectivity index (χ0v) is 27.1. The van der Waals surface area contributed by atoms with Gasteiger partial charge in [0.1, 0.15) is 11.7 Å². The summed E-state index contributed by atoms with van der Waals surface area (Å²) in [7, 11) is 1.63. The number of methoxy groups -OCH3 is 1. The molecule has 0 unspecified atom stereocenters. The van der Waals surface area contributed by atoms with Crippen LogP contribution >= 0.6 is 0 Å². The average Bonchev–Trinajstić information content (AvgIpc) is 3.25. The van der Waals surface area contributed by atoms with Crippen LogP contribution in [0.25, 0.3) is 0 Å². The number of hydrogen-bond acceptors (Lipinski definition) is 6. The molecule has 43 heavy (non-hydrogen) atoms. The molecule has 4 aliphatic carbocycles. The first-order valence-corrected chi connectivity index (χ1v) is 16.7. The number of alkyl halides is 3. The topological polar surface area (TPSA) is 82.1 Å². The molecule has 0 aromatic carbocycles.